The van der Waals surface area contributed by atoms with Gasteiger partial charge in [-0.05, 0) is 49.1 Å². The summed E-state index contributed by atoms with van der Waals surface area (Å²) < 4.78 is 30.5. The second kappa shape index (κ2) is 11.2. The van der Waals surface area contributed by atoms with Crippen molar-refractivity contribution in [3.05, 3.63) is 56.0 Å². The lowest BCUT2D eigenvalue weighted by molar-refractivity contribution is -0.147. The first kappa shape index (κ1) is 30.3. The molecule has 13 heteroatoms. The molecule has 2 amide bonds. The van der Waals surface area contributed by atoms with Gasteiger partial charge in [0.2, 0.25) is 11.8 Å². The molecule has 2 aromatic carbocycles. The Balaban J connectivity index is 1.59. The van der Waals surface area contributed by atoms with E-state index in [2.05, 4.69) is 5.32 Å². The second-order valence-electron chi connectivity index (χ2n) is 11.1. The van der Waals surface area contributed by atoms with Crippen LogP contribution in [0.3, 0.4) is 0 Å². The number of nitrogens with one attached hydrogen (secondary N) is 1. The molecule has 2 heterocycles. The summed E-state index contributed by atoms with van der Waals surface area (Å²) in [4.78, 5) is 42.6. The Labute approximate surface area is 255 Å². The number of aliphatic carboxylic acids is 1. The molecule has 1 saturated heterocycles. The number of fused-ring (bicyclic) bond motifs is 1. The number of likely N-dealkylation sites (tertiary alicyclic amines) is 1. The number of benzene rings is 2. The molecule has 0 bridgehead atoms. The first-order chi connectivity index (χ1) is 19.2. The van der Waals surface area contributed by atoms with Crippen molar-refractivity contribution in [3.63, 3.8) is 0 Å². The molecule has 5 rings (SSSR count). The highest BCUT2D eigenvalue weighted by molar-refractivity contribution is 6.38. The van der Waals surface area contributed by atoms with E-state index in [-0.39, 0.29) is 27.2 Å². The third-order valence-electron chi connectivity index (χ3n) is 8.38. The number of hydrogen-bond donors (Lipinski definition) is 2. The summed E-state index contributed by atoms with van der Waals surface area (Å²) in [6.45, 7) is 0.928. The fraction of sp³-hybridized carbons (Fsp3) is 0.464. The number of nitrogens with zero attached hydrogens (tertiary/aromatic N) is 2. The summed E-state index contributed by atoms with van der Waals surface area (Å²) in [5.41, 5.74) is -1.45. The van der Waals surface area contributed by atoms with E-state index < -0.39 is 60.6 Å². The SMILES string of the molecule is C[C@@H](C(=O)N(CC1CCC1)c1cc(Cl)cc(Cl)c1)[C@H]1CC(F)(F)CN1[C@@]1(CC(=O)O)C(=O)Nc2c(Cl)cc(Cl)cc21. The molecule has 41 heavy (non-hydrogen) atoms. The van der Waals surface area contributed by atoms with Gasteiger partial charge in [-0.15, -0.1) is 0 Å². The number of alkyl halides is 2. The fourth-order valence-electron chi connectivity index (χ4n) is 6.22. The Bertz CT molecular complexity index is 1400. The van der Waals surface area contributed by atoms with Gasteiger partial charge in [-0.1, -0.05) is 59.7 Å². The molecule has 220 valence electrons. The van der Waals surface area contributed by atoms with E-state index in [1.165, 1.54) is 30.0 Å². The van der Waals surface area contributed by atoms with Gasteiger partial charge in [0, 0.05) is 45.3 Å². The molecule has 2 N–H and O–H groups in total. The summed E-state index contributed by atoms with van der Waals surface area (Å²) in [5, 5.41) is 13.3. The van der Waals surface area contributed by atoms with Crippen molar-refractivity contribution in [2.24, 2.45) is 11.8 Å². The van der Waals surface area contributed by atoms with Crippen molar-refractivity contribution in [3.8, 4) is 0 Å². The lowest BCUT2D eigenvalue weighted by atomic mass is 9.82. The number of rotatable bonds is 8. The minimum Gasteiger partial charge on any atom is -0.481 e. The van der Waals surface area contributed by atoms with Gasteiger partial charge < -0.3 is 15.3 Å². The summed E-state index contributed by atoms with van der Waals surface area (Å²) in [7, 11) is 0. The zero-order valence-electron chi connectivity index (χ0n) is 21.9. The smallest absolute Gasteiger partial charge is 0.306 e. The Hall–Kier alpha value is -2.17. The Morgan fingerprint density at radius 3 is 2.32 bits per heavy atom. The van der Waals surface area contributed by atoms with Gasteiger partial charge in [-0.3, -0.25) is 19.3 Å². The maximum Gasteiger partial charge on any atom is 0.306 e. The maximum atomic E-state index is 15.3. The number of carboxylic acid groups (broad SMARTS) is 1. The van der Waals surface area contributed by atoms with Gasteiger partial charge in [0.1, 0.15) is 5.54 Å². The number of hydrogen-bond acceptors (Lipinski definition) is 4. The van der Waals surface area contributed by atoms with E-state index in [0.29, 0.717) is 22.3 Å². The highest BCUT2D eigenvalue weighted by atomic mass is 35.5. The van der Waals surface area contributed by atoms with Crippen LogP contribution in [0.1, 0.15) is 44.6 Å². The molecule has 0 aromatic heterocycles. The number of carbonyl (C=O) groups excluding carboxylic acids is 2. The standard InChI is InChI=1S/C28H27Cl4F2N3O4/c1-14(25(40)36(12-15-3-2-4-15)19-6-16(29)5-17(30)7-19)22-10-27(33,34)13-37(22)28(11-23(38)39)20-8-18(31)9-21(32)24(20)35-26(28)41/h5-9,14-15,22H,2-4,10-13H2,1H3,(H,35,41)(H,38,39)/t14-,22-,28-/m1/s1. The van der Waals surface area contributed by atoms with Crippen molar-refractivity contribution >= 4 is 75.6 Å². The molecule has 1 saturated carbocycles. The molecule has 3 aliphatic rings. The predicted molar refractivity (Wildman–Crippen MR) is 154 cm³/mol. The largest absolute Gasteiger partial charge is 0.481 e. The molecular formula is C28H27Cl4F2N3O4. The summed E-state index contributed by atoms with van der Waals surface area (Å²) in [5.74, 6) is -6.84. The molecule has 1 aliphatic carbocycles. The summed E-state index contributed by atoms with van der Waals surface area (Å²) >= 11 is 25.0. The van der Waals surface area contributed by atoms with Crippen LogP contribution in [-0.2, 0) is 19.9 Å². The number of anilines is 2. The van der Waals surface area contributed by atoms with Gasteiger partial charge in [-0.2, -0.15) is 0 Å². The van der Waals surface area contributed by atoms with E-state index >= 15 is 8.78 Å². The van der Waals surface area contributed by atoms with Crippen LogP contribution in [0, 0.1) is 11.8 Å². The molecular weight excluding hydrogens is 622 g/mol. The van der Waals surface area contributed by atoms with Crippen LogP contribution in [0.2, 0.25) is 20.1 Å². The van der Waals surface area contributed by atoms with Gasteiger partial charge in [0.15, 0.2) is 0 Å². The first-order valence-electron chi connectivity index (χ1n) is 13.2. The zero-order valence-corrected chi connectivity index (χ0v) is 24.9. The predicted octanol–water partition coefficient (Wildman–Crippen LogP) is 7.10. The molecule has 2 aliphatic heterocycles. The minimum atomic E-state index is -3.31. The fourth-order valence-corrected chi connectivity index (χ4v) is 7.28. The number of halogens is 6. The van der Waals surface area contributed by atoms with Crippen molar-refractivity contribution in [2.45, 2.75) is 56.5 Å². The molecule has 0 radical (unpaired) electrons. The van der Waals surface area contributed by atoms with Crippen molar-refractivity contribution in [1.29, 1.82) is 0 Å². The molecule has 2 aromatic rings. The lowest BCUT2D eigenvalue weighted by Gasteiger charge is -2.42. The average Bonchev–Trinajstić information content (AvgIpc) is 3.30. The maximum absolute atomic E-state index is 15.3. The highest BCUT2D eigenvalue weighted by Gasteiger charge is 2.62. The Kier molecular flexibility index (Phi) is 8.24. The minimum absolute atomic E-state index is 0.0456. The van der Waals surface area contributed by atoms with Crippen molar-refractivity contribution in [1.82, 2.24) is 4.90 Å². The van der Waals surface area contributed by atoms with E-state index in [1.807, 2.05) is 0 Å². The highest BCUT2D eigenvalue weighted by Crippen LogP contribution is 2.52. The molecule has 0 unspecified atom stereocenters. The molecule has 0 spiro atoms. The van der Waals surface area contributed by atoms with Crippen molar-refractivity contribution < 1.29 is 28.3 Å². The Morgan fingerprint density at radius 1 is 1.10 bits per heavy atom. The average molecular weight is 649 g/mol. The Morgan fingerprint density at radius 2 is 1.73 bits per heavy atom. The van der Waals surface area contributed by atoms with Crippen LogP contribution in [0.25, 0.3) is 0 Å². The number of amides is 2. The molecule has 3 atom stereocenters. The van der Waals surface area contributed by atoms with Crippen LogP contribution in [0.4, 0.5) is 20.2 Å². The van der Waals surface area contributed by atoms with Crippen LogP contribution >= 0.6 is 46.4 Å². The first-order valence-corrected chi connectivity index (χ1v) is 14.7. The summed E-state index contributed by atoms with van der Waals surface area (Å²) in [6.07, 6.45) is 1.26. The van der Waals surface area contributed by atoms with Gasteiger partial charge >= 0.3 is 5.97 Å². The normalized spacial score (nSPS) is 24.5. The number of carbonyl (C=O) groups is 3. The van der Waals surface area contributed by atoms with Crippen LogP contribution in [-0.4, -0.2) is 52.8 Å². The molecule has 7 nitrogen and oxygen atoms in total. The van der Waals surface area contributed by atoms with Crippen molar-refractivity contribution in [2.75, 3.05) is 23.3 Å². The molecule has 2 fully saturated rings. The quantitative estimate of drug-likeness (QED) is 0.319. The zero-order chi connectivity index (χ0) is 29.9. The van der Waals surface area contributed by atoms with Crippen LogP contribution in [0.15, 0.2) is 30.3 Å². The van der Waals surface area contributed by atoms with E-state index in [4.69, 9.17) is 46.4 Å². The number of carboxylic acids is 1. The third kappa shape index (κ3) is 5.64. The van der Waals surface area contributed by atoms with E-state index in [1.54, 1.807) is 12.1 Å². The second-order valence-corrected chi connectivity index (χ2v) is 12.8. The van der Waals surface area contributed by atoms with Crippen LogP contribution < -0.4 is 10.2 Å². The van der Waals surface area contributed by atoms with Crippen LogP contribution in [0.5, 0.6) is 0 Å². The van der Waals surface area contributed by atoms with Gasteiger partial charge in [0.25, 0.3) is 5.92 Å². The van der Waals surface area contributed by atoms with E-state index in [0.717, 1.165) is 24.2 Å². The summed E-state index contributed by atoms with van der Waals surface area (Å²) in [6, 6.07) is 6.24. The van der Waals surface area contributed by atoms with E-state index in [9.17, 15) is 19.5 Å². The van der Waals surface area contributed by atoms with Gasteiger partial charge in [0.05, 0.1) is 29.6 Å². The monoisotopic (exact) mass is 647 g/mol. The third-order valence-corrected chi connectivity index (χ3v) is 9.33. The van der Waals surface area contributed by atoms with Gasteiger partial charge in [-0.25, -0.2) is 8.78 Å². The lowest BCUT2D eigenvalue weighted by Crippen LogP contribution is -2.57. The topological polar surface area (TPSA) is 90.0 Å².